The van der Waals surface area contributed by atoms with Crippen LogP contribution in [0.25, 0.3) is 0 Å². The number of benzene rings is 1. The highest BCUT2D eigenvalue weighted by molar-refractivity contribution is 5.97. The van der Waals surface area contributed by atoms with Crippen molar-refractivity contribution in [1.29, 1.82) is 0 Å². The molecule has 1 saturated heterocycles. The Morgan fingerprint density at radius 2 is 1.72 bits per heavy atom. The first-order chi connectivity index (χ1) is 18.8. The van der Waals surface area contributed by atoms with Crippen LogP contribution < -0.4 is 5.32 Å². The molecule has 0 spiro atoms. The molecule has 212 valence electrons. The van der Waals surface area contributed by atoms with Crippen LogP contribution in [0.15, 0.2) is 24.3 Å². The number of nitrogens with zero attached hydrogens (tertiary/aromatic N) is 3. The molecule has 1 aromatic heterocycles. The zero-order chi connectivity index (χ0) is 27.8. The number of hydrogen-bond acceptors (Lipinski definition) is 6. The lowest BCUT2D eigenvalue weighted by Gasteiger charge is -2.26. The Labute approximate surface area is 231 Å². The average molecular weight is 539 g/mol. The van der Waals surface area contributed by atoms with Gasteiger partial charge in [0, 0.05) is 50.4 Å². The highest BCUT2D eigenvalue weighted by Gasteiger charge is 2.28. The molecule has 0 saturated carbocycles. The summed E-state index contributed by atoms with van der Waals surface area (Å²) in [6, 6.07) is 6.72. The van der Waals surface area contributed by atoms with Gasteiger partial charge in [0.15, 0.2) is 0 Å². The van der Waals surface area contributed by atoms with Gasteiger partial charge in [-0.2, -0.15) is 5.10 Å². The lowest BCUT2D eigenvalue weighted by atomic mass is 9.94. The summed E-state index contributed by atoms with van der Waals surface area (Å²) in [5.74, 6) is -0.495. The van der Waals surface area contributed by atoms with Crippen molar-refractivity contribution in [3.05, 3.63) is 52.3 Å². The Bertz CT molecular complexity index is 1150. The van der Waals surface area contributed by atoms with E-state index in [1.165, 1.54) is 0 Å². The largest absolute Gasteiger partial charge is 0.461 e. The number of aryl methyl sites for hydroxylation is 1. The third-order valence-electron chi connectivity index (χ3n) is 7.33. The number of piperidine rings is 1. The number of rotatable bonds is 7. The van der Waals surface area contributed by atoms with Gasteiger partial charge in [-0.15, -0.1) is 0 Å². The molecule has 1 N–H and O–H groups in total. The molecule has 1 fully saturated rings. The van der Waals surface area contributed by atoms with Gasteiger partial charge in [0.05, 0.1) is 29.1 Å². The Morgan fingerprint density at radius 3 is 2.44 bits per heavy atom. The van der Waals surface area contributed by atoms with Crippen molar-refractivity contribution in [2.24, 2.45) is 5.41 Å². The van der Waals surface area contributed by atoms with E-state index in [-0.39, 0.29) is 18.4 Å². The molecule has 0 atom stereocenters. The highest BCUT2D eigenvalue weighted by Crippen LogP contribution is 2.25. The molecule has 4 rings (SSSR count). The van der Waals surface area contributed by atoms with Crippen molar-refractivity contribution in [1.82, 2.24) is 20.0 Å². The van der Waals surface area contributed by atoms with Crippen LogP contribution in [0.3, 0.4) is 0 Å². The molecule has 9 heteroatoms. The minimum Gasteiger partial charge on any atom is -0.461 e. The van der Waals surface area contributed by atoms with Crippen LogP contribution in [-0.4, -0.2) is 71.9 Å². The third kappa shape index (κ3) is 7.47. The van der Waals surface area contributed by atoms with E-state index in [2.05, 4.69) is 5.32 Å². The van der Waals surface area contributed by atoms with Gasteiger partial charge in [-0.1, -0.05) is 20.8 Å². The molecule has 9 nitrogen and oxygen atoms in total. The molecule has 0 unspecified atom stereocenters. The second kappa shape index (κ2) is 13.2. The molecule has 2 aliphatic rings. The minimum absolute atomic E-state index is 0.0125. The average Bonchev–Trinajstić information content (AvgIpc) is 3.27. The quantitative estimate of drug-likeness (QED) is 0.534. The molecule has 2 amide bonds. The summed E-state index contributed by atoms with van der Waals surface area (Å²) < 4.78 is 13.3. The SMILES string of the molecule is CCc1nn(CC(C)(C)COC(=O)c2ccc(C(=O)N3CCCCC3)cc2)c2c1C(=O)NCCCOCCC2. The van der Waals surface area contributed by atoms with E-state index in [1.54, 1.807) is 24.3 Å². The number of fused-ring (bicyclic) bond motifs is 1. The minimum atomic E-state index is -0.427. The van der Waals surface area contributed by atoms with Gasteiger partial charge in [-0.05, 0) is 69.2 Å². The van der Waals surface area contributed by atoms with E-state index in [0.717, 1.165) is 56.6 Å². The smallest absolute Gasteiger partial charge is 0.338 e. The van der Waals surface area contributed by atoms with Gasteiger partial charge in [0.1, 0.15) is 0 Å². The molecule has 0 aliphatic carbocycles. The molecule has 1 aromatic carbocycles. The standard InChI is InChI=1S/C30H42N4O5/c1-4-24-26-25(10-8-18-38-19-9-15-31-27(26)35)34(32-24)20-30(2,3)21-39-29(37)23-13-11-22(12-14-23)28(36)33-16-6-5-7-17-33/h11-14H,4-10,15-21H2,1-3H3,(H,31,35). The van der Waals surface area contributed by atoms with Gasteiger partial charge in [0.2, 0.25) is 0 Å². The normalized spacial score (nSPS) is 17.1. The first-order valence-corrected chi connectivity index (χ1v) is 14.3. The third-order valence-corrected chi connectivity index (χ3v) is 7.33. The van der Waals surface area contributed by atoms with E-state index in [9.17, 15) is 14.4 Å². The fraction of sp³-hybridized carbons (Fsp3) is 0.600. The number of likely N-dealkylation sites (tertiary alicyclic amines) is 1. The second-order valence-electron chi connectivity index (χ2n) is 11.3. The van der Waals surface area contributed by atoms with Crippen LogP contribution in [0.5, 0.6) is 0 Å². The number of carbonyl (C=O) groups excluding carboxylic acids is 3. The maximum Gasteiger partial charge on any atom is 0.338 e. The second-order valence-corrected chi connectivity index (χ2v) is 11.3. The molecular formula is C30H42N4O5. The zero-order valence-electron chi connectivity index (χ0n) is 23.6. The summed E-state index contributed by atoms with van der Waals surface area (Å²) in [4.78, 5) is 40.5. The summed E-state index contributed by atoms with van der Waals surface area (Å²) in [5.41, 5.74) is 2.94. The van der Waals surface area contributed by atoms with Gasteiger partial charge < -0.3 is 19.7 Å². The number of hydrogen-bond donors (Lipinski definition) is 1. The Morgan fingerprint density at radius 1 is 1.03 bits per heavy atom. The van der Waals surface area contributed by atoms with Gasteiger partial charge >= 0.3 is 5.97 Å². The monoisotopic (exact) mass is 538 g/mol. The van der Waals surface area contributed by atoms with Crippen molar-refractivity contribution in [2.75, 3.05) is 39.5 Å². The Hall–Kier alpha value is -3.20. The summed E-state index contributed by atoms with van der Waals surface area (Å²) >= 11 is 0. The number of esters is 1. The number of carbonyl (C=O) groups is 3. The van der Waals surface area contributed by atoms with Gasteiger partial charge in [0.25, 0.3) is 11.8 Å². The molecule has 2 aliphatic heterocycles. The lowest BCUT2D eigenvalue weighted by molar-refractivity contribution is 0.0304. The summed E-state index contributed by atoms with van der Waals surface area (Å²) in [6.45, 7) is 10.2. The van der Waals surface area contributed by atoms with Crippen molar-refractivity contribution in [3.8, 4) is 0 Å². The first-order valence-electron chi connectivity index (χ1n) is 14.3. The topological polar surface area (TPSA) is 103 Å². The fourth-order valence-corrected chi connectivity index (χ4v) is 5.18. The molecular weight excluding hydrogens is 496 g/mol. The maximum atomic E-state index is 13.0. The van der Waals surface area contributed by atoms with Crippen LogP contribution >= 0.6 is 0 Å². The molecule has 3 heterocycles. The van der Waals surface area contributed by atoms with E-state index in [0.29, 0.717) is 55.8 Å². The van der Waals surface area contributed by atoms with E-state index in [4.69, 9.17) is 14.6 Å². The van der Waals surface area contributed by atoms with Gasteiger partial charge in [-0.25, -0.2) is 4.79 Å². The summed E-state index contributed by atoms with van der Waals surface area (Å²) in [5, 5.41) is 7.81. The van der Waals surface area contributed by atoms with E-state index < -0.39 is 11.4 Å². The number of aromatic nitrogens is 2. The van der Waals surface area contributed by atoms with Crippen LogP contribution in [0.4, 0.5) is 0 Å². The summed E-state index contributed by atoms with van der Waals surface area (Å²) in [7, 11) is 0. The van der Waals surface area contributed by atoms with E-state index >= 15 is 0 Å². The van der Waals surface area contributed by atoms with Crippen molar-refractivity contribution < 1.29 is 23.9 Å². The fourth-order valence-electron chi connectivity index (χ4n) is 5.18. The molecule has 2 aromatic rings. The number of nitrogens with one attached hydrogen (secondary N) is 1. The zero-order valence-corrected chi connectivity index (χ0v) is 23.6. The van der Waals surface area contributed by atoms with Gasteiger partial charge in [-0.3, -0.25) is 14.3 Å². The maximum absolute atomic E-state index is 13.0. The molecule has 0 bridgehead atoms. The number of amides is 2. The Kier molecular flexibility index (Phi) is 9.78. The Balaban J connectivity index is 1.41. The van der Waals surface area contributed by atoms with E-state index in [1.807, 2.05) is 30.4 Å². The number of ether oxygens (including phenoxy) is 2. The van der Waals surface area contributed by atoms with Crippen molar-refractivity contribution in [3.63, 3.8) is 0 Å². The van der Waals surface area contributed by atoms with Crippen LogP contribution in [0.2, 0.25) is 0 Å². The lowest BCUT2D eigenvalue weighted by Crippen LogP contribution is -2.35. The van der Waals surface area contributed by atoms with Crippen molar-refractivity contribution >= 4 is 17.8 Å². The van der Waals surface area contributed by atoms with Crippen LogP contribution in [0, 0.1) is 5.41 Å². The summed E-state index contributed by atoms with van der Waals surface area (Å²) in [6.07, 6.45) is 6.17. The van der Waals surface area contributed by atoms with Crippen molar-refractivity contribution in [2.45, 2.75) is 72.3 Å². The van der Waals surface area contributed by atoms with Crippen LogP contribution in [0.1, 0.15) is 95.3 Å². The first kappa shape index (κ1) is 28.8. The highest BCUT2D eigenvalue weighted by atomic mass is 16.5. The molecule has 39 heavy (non-hydrogen) atoms. The predicted octanol–water partition coefficient (Wildman–Crippen LogP) is 4.04. The predicted molar refractivity (Wildman–Crippen MR) is 148 cm³/mol. The van der Waals surface area contributed by atoms with Crippen LogP contribution in [-0.2, 0) is 28.9 Å². The molecule has 0 radical (unpaired) electrons.